The zero-order valence-corrected chi connectivity index (χ0v) is 39.6. The van der Waals surface area contributed by atoms with E-state index in [2.05, 4.69) is 41.7 Å². The highest BCUT2D eigenvalue weighted by atomic mass is 16.6. The lowest BCUT2D eigenvalue weighted by Gasteiger charge is -2.38. The lowest BCUT2D eigenvalue weighted by molar-refractivity contribution is -0.123. The van der Waals surface area contributed by atoms with Gasteiger partial charge < -0.3 is 49.7 Å². The molecule has 2 aliphatic carbocycles. The third kappa shape index (κ3) is 15.6. The fourth-order valence-electron chi connectivity index (χ4n) is 8.65. The molecule has 64 heavy (non-hydrogen) atoms. The molecule has 15 nitrogen and oxygen atoms in total. The van der Waals surface area contributed by atoms with Crippen molar-refractivity contribution in [3.63, 3.8) is 0 Å². The molecule has 15 heteroatoms. The second-order valence-corrected chi connectivity index (χ2v) is 18.6. The number of hydrogen-bond donors (Lipinski definition) is 4. The maximum absolute atomic E-state index is 14.2. The van der Waals surface area contributed by atoms with Gasteiger partial charge in [-0.05, 0) is 125 Å². The van der Waals surface area contributed by atoms with Crippen LogP contribution in [-0.2, 0) is 33.3 Å². The minimum Gasteiger partial charge on any atom is -0.488 e. The maximum atomic E-state index is 14.2. The minimum absolute atomic E-state index is 0.000367. The van der Waals surface area contributed by atoms with E-state index >= 15 is 0 Å². The topological polar surface area (TPSA) is 189 Å². The number of hydrogen-bond acceptors (Lipinski definition) is 11. The molecule has 2 aliphatic rings. The van der Waals surface area contributed by atoms with Gasteiger partial charge in [-0.1, -0.05) is 40.3 Å². The third-order valence-corrected chi connectivity index (χ3v) is 11.9. The highest BCUT2D eigenvalue weighted by Gasteiger charge is 2.40. The van der Waals surface area contributed by atoms with E-state index in [0.717, 1.165) is 12.0 Å². The molecule has 0 aromatic heterocycles. The van der Waals surface area contributed by atoms with E-state index in [1.807, 2.05) is 54.5 Å². The molecular weight excluding hydrogens is 821 g/mol. The average Bonchev–Trinajstić information content (AvgIpc) is 3.20. The summed E-state index contributed by atoms with van der Waals surface area (Å²) in [6, 6.07) is 8.12. The Bertz CT molecular complexity index is 1930. The van der Waals surface area contributed by atoms with Gasteiger partial charge in [0.1, 0.15) is 24.4 Å². The number of carbonyl (C=O) groups is 5. The number of amides is 4. The van der Waals surface area contributed by atoms with Crippen molar-refractivity contribution in [3.8, 4) is 5.75 Å². The predicted molar refractivity (Wildman–Crippen MR) is 246 cm³/mol. The molecule has 2 fully saturated rings. The molecule has 2 aromatic rings. The van der Waals surface area contributed by atoms with Gasteiger partial charge >= 0.3 is 12.1 Å². The van der Waals surface area contributed by atoms with Gasteiger partial charge in [0.2, 0.25) is 11.8 Å². The van der Waals surface area contributed by atoms with Crippen molar-refractivity contribution in [3.05, 3.63) is 65.2 Å². The first-order chi connectivity index (χ1) is 30.3. The van der Waals surface area contributed by atoms with Crippen LogP contribution in [0, 0.1) is 49.4 Å². The van der Waals surface area contributed by atoms with Gasteiger partial charge in [-0.2, -0.15) is 0 Å². The lowest BCUT2D eigenvalue weighted by atomic mass is 9.72. The Kier molecular flexibility index (Phi) is 19.6. The molecule has 2 aromatic carbocycles. The summed E-state index contributed by atoms with van der Waals surface area (Å²) in [5.74, 6) is -1.75. The van der Waals surface area contributed by atoms with Crippen molar-refractivity contribution >= 4 is 41.2 Å². The number of esters is 1. The molecule has 2 saturated carbocycles. The normalized spacial score (nSPS) is 23.3. The third-order valence-electron chi connectivity index (χ3n) is 11.9. The number of alkyl carbamates (subject to hydrolysis) is 1. The smallest absolute Gasteiger partial charge is 0.407 e. The number of methoxy groups -OCH3 is 1. The average molecular weight is 893 g/mol. The van der Waals surface area contributed by atoms with Crippen LogP contribution in [0.2, 0.25) is 0 Å². The maximum Gasteiger partial charge on any atom is 0.407 e. The Labute approximate surface area is 379 Å². The molecular formula is C49H72N4O11. The highest BCUT2D eigenvalue weighted by molar-refractivity contribution is 6.00. The lowest BCUT2D eigenvalue weighted by Crippen LogP contribution is -2.49. The van der Waals surface area contributed by atoms with Gasteiger partial charge in [0.25, 0.3) is 5.91 Å². The van der Waals surface area contributed by atoms with Gasteiger partial charge in [-0.25, -0.2) is 9.59 Å². The Morgan fingerprint density at radius 1 is 0.703 bits per heavy atom. The van der Waals surface area contributed by atoms with Crippen molar-refractivity contribution < 1.29 is 52.4 Å². The summed E-state index contributed by atoms with van der Waals surface area (Å²) < 4.78 is 33.0. The summed E-state index contributed by atoms with van der Waals surface area (Å²) in [6.07, 6.45) is 3.25. The molecule has 8 atom stereocenters. The number of aryl methyl sites for hydroxylation is 2. The number of rotatable bonds is 20. The molecule has 4 rings (SSSR count). The Morgan fingerprint density at radius 2 is 1.27 bits per heavy atom. The number of ether oxygens (including phenoxy) is 6. The molecule has 4 N–H and O–H groups in total. The van der Waals surface area contributed by atoms with Crippen LogP contribution in [0.15, 0.2) is 43.0 Å². The number of nitrogens with one attached hydrogen (secondary N) is 4. The van der Waals surface area contributed by atoms with E-state index in [0.29, 0.717) is 68.2 Å². The van der Waals surface area contributed by atoms with Crippen LogP contribution in [0.25, 0.3) is 0 Å². The molecule has 0 unspecified atom stereocenters. The first-order valence-corrected chi connectivity index (χ1v) is 22.5. The van der Waals surface area contributed by atoms with Crippen molar-refractivity contribution in [2.45, 2.75) is 106 Å². The van der Waals surface area contributed by atoms with Crippen molar-refractivity contribution in [2.24, 2.45) is 35.5 Å². The van der Waals surface area contributed by atoms with Crippen LogP contribution in [0.1, 0.15) is 106 Å². The van der Waals surface area contributed by atoms with Crippen LogP contribution in [0.4, 0.5) is 16.2 Å². The molecule has 0 bridgehead atoms. The minimum atomic E-state index is -0.638. The zero-order valence-electron chi connectivity index (χ0n) is 39.6. The molecule has 0 heterocycles. The summed E-state index contributed by atoms with van der Waals surface area (Å²) in [5, 5.41) is 12.3. The van der Waals surface area contributed by atoms with Gasteiger partial charge in [-0.3, -0.25) is 14.4 Å². The van der Waals surface area contributed by atoms with Crippen LogP contribution in [0.3, 0.4) is 0 Å². The second kappa shape index (κ2) is 24.3. The summed E-state index contributed by atoms with van der Waals surface area (Å²) in [6.45, 7) is 22.9. The number of benzene rings is 2. The quantitative estimate of drug-likeness (QED) is 0.0581. The summed E-state index contributed by atoms with van der Waals surface area (Å²) in [5.41, 5.74) is 2.24. The van der Waals surface area contributed by atoms with Gasteiger partial charge in [0, 0.05) is 42.3 Å². The van der Waals surface area contributed by atoms with Crippen molar-refractivity contribution in [1.29, 1.82) is 0 Å². The Balaban J connectivity index is 1.44. The molecule has 0 radical (unpaired) electrons. The molecule has 354 valence electrons. The second-order valence-electron chi connectivity index (χ2n) is 18.6. The largest absolute Gasteiger partial charge is 0.488 e. The van der Waals surface area contributed by atoms with E-state index < -0.39 is 23.6 Å². The molecule has 0 saturated heterocycles. The Hall–Kier alpha value is -4.99. The number of anilines is 2. The monoisotopic (exact) mass is 893 g/mol. The fourth-order valence-corrected chi connectivity index (χ4v) is 8.65. The van der Waals surface area contributed by atoms with Crippen molar-refractivity contribution in [2.75, 3.05) is 64.0 Å². The summed E-state index contributed by atoms with van der Waals surface area (Å²) in [7, 11) is 1.60. The van der Waals surface area contributed by atoms with Gasteiger partial charge in [0.05, 0.1) is 38.7 Å². The van der Waals surface area contributed by atoms with E-state index in [-0.39, 0.29) is 90.5 Å². The van der Waals surface area contributed by atoms with Crippen molar-refractivity contribution in [1.82, 2.24) is 10.6 Å². The summed E-state index contributed by atoms with van der Waals surface area (Å²) in [4.78, 5) is 67.7. The zero-order chi connectivity index (χ0) is 47.1. The Morgan fingerprint density at radius 3 is 1.86 bits per heavy atom. The summed E-state index contributed by atoms with van der Waals surface area (Å²) >= 11 is 0. The van der Waals surface area contributed by atoms with Crippen LogP contribution in [-0.4, -0.2) is 101 Å². The predicted octanol–water partition coefficient (Wildman–Crippen LogP) is 7.64. The molecule has 0 spiro atoms. The first-order valence-electron chi connectivity index (χ1n) is 22.5. The SMILES string of the molecule is C=CCOC(=O)c1cc(C)cc(NC(=O)[C@H]2C[C@H](NC(=O)c3cc(C)cc(NC(=O)[C@H]4C[C@H](NC(=O)OC(C)(C)C)[C@@H](C)C[C@H]4C)c3)[C@@H](C)C[C@H]2C)c1OCCOCCOCCOC. The van der Waals surface area contributed by atoms with Crippen LogP contribution >= 0.6 is 0 Å². The molecule has 4 amide bonds. The van der Waals surface area contributed by atoms with Crippen LogP contribution in [0.5, 0.6) is 5.75 Å². The van der Waals surface area contributed by atoms with E-state index in [1.54, 1.807) is 31.4 Å². The van der Waals surface area contributed by atoms with Gasteiger partial charge in [-0.15, -0.1) is 0 Å². The van der Waals surface area contributed by atoms with E-state index in [9.17, 15) is 24.0 Å². The van der Waals surface area contributed by atoms with Gasteiger partial charge in [0.15, 0.2) is 5.75 Å². The molecule has 0 aliphatic heterocycles. The first kappa shape index (κ1) is 51.6. The van der Waals surface area contributed by atoms with E-state index in [1.165, 1.54) is 6.08 Å². The number of carbonyl (C=O) groups excluding carboxylic acids is 5. The highest BCUT2D eigenvalue weighted by Crippen LogP contribution is 2.38. The van der Waals surface area contributed by atoms with E-state index in [4.69, 9.17) is 28.4 Å². The fraction of sp³-hybridized carbons (Fsp3) is 0.612. The van der Waals surface area contributed by atoms with Crippen LogP contribution < -0.4 is 26.0 Å². The standard InChI is InChI=1S/C49H72N4O11/c1-12-13-63-47(57)39-22-30(3)23-42(43(39)62-19-18-61-17-16-60-15-14-59-11)52-46(56)38-27-40(33(6)24-32(38)5)51-44(54)35-20-29(2)21-36(26-35)50-45(55)37-28-41(34(7)25-31(37)4)53-48(58)64-49(8,9)10/h12,20-23,26,31-34,37-38,40-41H,1,13-19,24-25,27-28H2,2-11H3,(H,50,55)(H,51,54)(H,52,56)(H,53,58)/t31-,32-,33+,34+,37+,38+,40+,41+/m1/s1.